The molecule has 17 heavy (non-hydrogen) atoms. The minimum atomic E-state index is 0.263. The maximum atomic E-state index is 11.7. The lowest BCUT2D eigenvalue weighted by Crippen LogP contribution is -2.30. The van der Waals surface area contributed by atoms with Gasteiger partial charge in [-0.25, -0.2) is 9.97 Å². The summed E-state index contributed by atoms with van der Waals surface area (Å²) in [6, 6.07) is 0. The molecule has 2 rings (SSSR count). The molecule has 0 saturated carbocycles. The molecular formula is C12H18N4O. The Morgan fingerprint density at radius 2 is 2.00 bits per heavy atom. The van der Waals surface area contributed by atoms with Crippen molar-refractivity contribution in [2.45, 2.75) is 25.8 Å². The Morgan fingerprint density at radius 1 is 1.29 bits per heavy atom. The molecule has 0 aliphatic carbocycles. The summed E-state index contributed by atoms with van der Waals surface area (Å²) in [5.74, 6) is 0.263. The zero-order chi connectivity index (χ0) is 11.9. The van der Waals surface area contributed by atoms with E-state index in [9.17, 15) is 4.79 Å². The molecule has 1 amide bonds. The van der Waals surface area contributed by atoms with Gasteiger partial charge in [0, 0.05) is 50.6 Å². The van der Waals surface area contributed by atoms with Crippen LogP contribution >= 0.6 is 0 Å². The van der Waals surface area contributed by atoms with Gasteiger partial charge < -0.3 is 10.2 Å². The van der Waals surface area contributed by atoms with E-state index < -0.39 is 0 Å². The number of hydrogen-bond donors (Lipinski definition) is 1. The minimum Gasteiger partial charge on any atom is -0.343 e. The number of nitrogens with one attached hydrogen (secondary N) is 1. The lowest BCUT2D eigenvalue weighted by molar-refractivity contribution is -0.130. The topological polar surface area (TPSA) is 58.1 Å². The summed E-state index contributed by atoms with van der Waals surface area (Å²) >= 11 is 0. The maximum absolute atomic E-state index is 11.7. The molecule has 5 heteroatoms. The van der Waals surface area contributed by atoms with Gasteiger partial charge in [-0.3, -0.25) is 4.79 Å². The Balaban J connectivity index is 1.61. The first kappa shape index (κ1) is 12.0. The van der Waals surface area contributed by atoms with Gasteiger partial charge >= 0.3 is 0 Å². The van der Waals surface area contributed by atoms with Crippen LogP contribution in [0.3, 0.4) is 0 Å². The third kappa shape index (κ3) is 3.78. The van der Waals surface area contributed by atoms with Crippen molar-refractivity contribution in [3.8, 4) is 0 Å². The van der Waals surface area contributed by atoms with Crippen LogP contribution in [-0.2, 0) is 11.3 Å². The zero-order valence-corrected chi connectivity index (χ0v) is 9.93. The van der Waals surface area contributed by atoms with E-state index in [2.05, 4.69) is 15.3 Å². The highest BCUT2D eigenvalue weighted by Gasteiger charge is 2.16. The second-order valence-corrected chi connectivity index (χ2v) is 4.26. The van der Waals surface area contributed by atoms with E-state index in [1.807, 2.05) is 4.90 Å². The molecule has 0 aromatic carbocycles. The van der Waals surface area contributed by atoms with Gasteiger partial charge in [-0.15, -0.1) is 0 Å². The first-order valence-electron chi connectivity index (χ1n) is 6.08. The molecule has 1 aromatic heterocycles. The van der Waals surface area contributed by atoms with Crippen LogP contribution in [-0.4, -0.2) is 40.4 Å². The van der Waals surface area contributed by atoms with Crippen molar-refractivity contribution in [3.05, 3.63) is 24.3 Å². The Morgan fingerprint density at radius 3 is 2.71 bits per heavy atom. The second-order valence-electron chi connectivity index (χ2n) is 4.26. The summed E-state index contributed by atoms with van der Waals surface area (Å²) in [7, 11) is 0. The Hall–Kier alpha value is -1.49. The summed E-state index contributed by atoms with van der Waals surface area (Å²) in [5, 5.41) is 3.23. The van der Waals surface area contributed by atoms with Crippen LogP contribution in [0, 0.1) is 0 Å². The van der Waals surface area contributed by atoms with Crippen molar-refractivity contribution in [2.75, 3.05) is 19.6 Å². The lowest BCUT2D eigenvalue weighted by atomic mass is 10.3. The monoisotopic (exact) mass is 234 g/mol. The van der Waals surface area contributed by atoms with Gasteiger partial charge in [0.25, 0.3) is 0 Å². The van der Waals surface area contributed by atoms with Crippen molar-refractivity contribution in [1.82, 2.24) is 20.2 Å². The minimum absolute atomic E-state index is 0.263. The highest BCUT2D eigenvalue weighted by Crippen LogP contribution is 2.08. The van der Waals surface area contributed by atoms with Crippen molar-refractivity contribution < 1.29 is 4.79 Å². The van der Waals surface area contributed by atoms with Gasteiger partial charge in [0.05, 0.1) is 0 Å². The predicted molar refractivity (Wildman–Crippen MR) is 64.2 cm³/mol. The number of rotatable bonds is 5. The fraction of sp³-hybridized carbons (Fsp3) is 0.583. The first-order chi connectivity index (χ1) is 8.36. The summed E-state index contributed by atoms with van der Waals surface area (Å²) in [6.07, 6.45) is 7.96. The molecule has 2 heterocycles. The van der Waals surface area contributed by atoms with E-state index >= 15 is 0 Å². The van der Waals surface area contributed by atoms with Crippen LogP contribution in [0.25, 0.3) is 0 Å². The standard InChI is InChI=1S/C12H18N4O/c17-12(16-5-1-2-6-16)3-4-13-7-11-8-14-10-15-9-11/h8-10,13H,1-7H2. The van der Waals surface area contributed by atoms with Gasteiger partial charge in [0.2, 0.25) is 5.91 Å². The van der Waals surface area contributed by atoms with Gasteiger partial charge in [-0.2, -0.15) is 0 Å². The summed E-state index contributed by atoms with van der Waals surface area (Å²) in [6.45, 7) is 3.30. The van der Waals surface area contributed by atoms with Crippen LogP contribution in [0.5, 0.6) is 0 Å². The molecule has 1 aromatic rings. The number of aromatic nitrogens is 2. The number of likely N-dealkylation sites (tertiary alicyclic amines) is 1. The fourth-order valence-electron chi connectivity index (χ4n) is 1.97. The number of amides is 1. The van der Waals surface area contributed by atoms with Gasteiger partial charge in [0.15, 0.2) is 0 Å². The van der Waals surface area contributed by atoms with Crippen LogP contribution in [0.2, 0.25) is 0 Å². The molecule has 5 nitrogen and oxygen atoms in total. The van der Waals surface area contributed by atoms with Crippen molar-refractivity contribution >= 4 is 5.91 Å². The quantitative estimate of drug-likeness (QED) is 0.757. The Labute approximate surface area is 101 Å². The van der Waals surface area contributed by atoms with Crippen molar-refractivity contribution in [3.63, 3.8) is 0 Å². The molecule has 92 valence electrons. The number of hydrogen-bond acceptors (Lipinski definition) is 4. The molecule has 1 fully saturated rings. The zero-order valence-electron chi connectivity index (χ0n) is 9.93. The Kier molecular flexibility index (Phi) is 4.44. The van der Waals surface area contributed by atoms with Crippen molar-refractivity contribution in [2.24, 2.45) is 0 Å². The highest BCUT2D eigenvalue weighted by molar-refractivity contribution is 5.76. The summed E-state index contributed by atoms with van der Waals surface area (Å²) in [4.78, 5) is 21.5. The summed E-state index contributed by atoms with van der Waals surface area (Å²) < 4.78 is 0. The fourth-order valence-corrected chi connectivity index (χ4v) is 1.97. The van der Waals surface area contributed by atoms with Crippen LogP contribution < -0.4 is 5.32 Å². The van der Waals surface area contributed by atoms with Gasteiger partial charge in [-0.1, -0.05) is 0 Å². The van der Waals surface area contributed by atoms with E-state index in [0.29, 0.717) is 19.5 Å². The van der Waals surface area contributed by atoms with E-state index in [4.69, 9.17) is 0 Å². The average Bonchev–Trinajstić information content (AvgIpc) is 2.89. The molecule has 0 atom stereocenters. The maximum Gasteiger partial charge on any atom is 0.223 e. The number of nitrogens with zero attached hydrogens (tertiary/aromatic N) is 3. The van der Waals surface area contributed by atoms with Crippen LogP contribution in [0.4, 0.5) is 0 Å². The molecule has 1 aliphatic rings. The Bertz CT molecular complexity index is 349. The molecule has 1 saturated heterocycles. The molecule has 0 radical (unpaired) electrons. The average molecular weight is 234 g/mol. The second kappa shape index (κ2) is 6.30. The van der Waals surface area contributed by atoms with E-state index in [1.54, 1.807) is 12.4 Å². The van der Waals surface area contributed by atoms with Gasteiger partial charge in [-0.05, 0) is 12.8 Å². The number of carbonyl (C=O) groups excluding carboxylic acids is 1. The largest absolute Gasteiger partial charge is 0.343 e. The predicted octanol–water partition coefficient (Wildman–Crippen LogP) is 0.579. The van der Waals surface area contributed by atoms with E-state index in [1.165, 1.54) is 6.33 Å². The highest BCUT2D eigenvalue weighted by atomic mass is 16.2. The van der Waals surface area contributed by atoms with Gasteiger partial charge in [0.1, 0.15) is 6.33 Å². The lowest BCUT2D eigenvalue weighted by Gasteiger charge is -2.15. The van der Waals surface area contributed by atoms with Crippen LogP contribution in [0.15, 0.2) is 18.7 Å². The van der Waals surface area contributed by atoms with Crippen molar-refractivity contribution in [1.29, 1.82) is 0 Å². The molecule has 1 aliphatic heterocycles. The number of carbonyl (C=O) groups is 1. The smallest absolute Gasteiger partial charge is 0.223 e. The van der Waals surface area contributed by atoms with E-state index in [0.717, 1.165) is 31.5 Å². The first-order valence-corrected chi connectivity index (χ1v) is 6.08. The van der Waals surface area contributed by atoms with Crippen LogP contribution in [0.1, 0.15) is 24.8 Å². The SMILES string of the molecule is O=C(CCNCc1cncnc1)N1CCCC1. The molecule has 0 unspecified atom stereocenters. The van der Waals surface area contributed by atoms with E-state index in [-0.39, 0.29) is 5.91 Å². The summed E-state index contributed by atoms with van der Waals surface area (Å²) in [5.41, 5.74) is 1.04. The molecule has 0 bridgehead atoms. The normalized spacial score (nSPS) is 15.2. The third-order valence-corrected chi connectivity index (χ3v) is 2.92. The molecule has 0 spiro atoms. The molecule has 1 N–H and O–H groups in total. The third-order valence-electron chi connectivity index (χ3n) is 2.92. The molecular weight excluding hydrogens is 216 g/mol.